The number of benzene rings is 1. The van der Waals surface area contributed by atoms with Crippen molar-refractivity contribution in [2.75, 3.05) is 42.6 Å². The molecule has 9 nitrogen and oxygen atoms in total. The van der Waals surface area contributed by atoms with Gasteiger partial charge in [0.05, 0.1) is 5.69 Å². The van der Waals surface area contributed by atoms with Crippen LogP contribution in [-0.4, -0.2) is 47.4 Å². The predicted molar refractivity (Wildman–Crippen MR) is 124 cm³/mol. The number of hydrogen-bond donors (Lipinski definition) is 5. The number of pyridine rings is 2. The van der Waals surface area contributed by atoms with Crippen molar-refractivity contribution in [2.24, 2.45) is 11.8 Å². The molecule has 1 saturated heterocycles. The Hall–Kier alpha value is -3.66. The van der Waals surface area contributed by atoms with E-state index in [9.17, 15) is 9.18 Å². The van der Waals surface area contributed by atoms with Crippen molar-refractivity contribution < 1.29 is 19.0 Å². The van der Waals surface area contributed by atoms with Gasteiger partial charge in [0, 0.05) is 35.5 Å². The van der Waals surface area contributed by atoms with E-state index in [1.807, 2.05) is 6.92 Å². The summed E-state index contributed by atoms with van der Waals surface area (Å²) in [5.74, 6) is 2.23. The van der Waals surface area contributed by atoms with E-state index in [4.69, 9.17) is 15.6 Å². The summed E-state index contributed by atoms with van der Waals surface area (Å²) in [6.45, 7) is 5.62. The number of nitrogens with one attached hydrogen (secondary N) is 3. The highest BCUT2D eigenvalue weighted by Gasteiger charge is 2.40. The Morgan fingerprint density at radius 1 is 1.24 bits per heavy atom. The van der Waals surface area contributed by atoms with Crippen LogP contribution in [0.4, 0.5) is 26.4 Å². The highest BCUT2D eigenvalue weighted by Crippen LogP contribution is 2.41. The van der Waals surface area contributed by atoms with Crippen LogP contribution in [0.2, 0.25) is 0 Å². The fourth-order valence-corrected chi connectivity index (χ4v) is 4.43. The maximum Gasteiger partial charge on any atom is 0.410 e. The normalized spacial score (nSPS) is 19.9. The van der Waals surface area contributed by atoms with E-state index in [1.54, 1.807) is 12.3 Å². The molecule has 172 valence electrons. The Balaban J connectivity index is 0.000000324. The monoisotopic (exact) mass is 452 g/mol. The number of ether oxygens (including phenoxy) is 1. The molecular weight excluding hydrogens is 427 g/mol. The average molecular weight is 452 g/mol. The van der Waals surface area contributed by atoms with Gasteiger partial charge in [-0.2, -0.15) is 0 Å². The van der Waals surface area contributed by atoms with E-state index in [2.05, 4.69) is 25.9 Å². The summed E-state index contributed by atoms with van der Waals surface area (Å²) in [6, 6.07) is 3.11. The second kappa shape index (κ2) is 8.36. The number of piperidine rings is 1. The van der Waals surface area contributed by atoms with E-state index in [-0.39, 0.29) is 17.1 Å². The van der Waals surface area contributed by atoms with Gasteiger partial charge in [0.2, 0.25) is 5.88 Å². The van der Waals surface area contributed by atoms with Gasteiger partial charge in [0.15, 0.2) is 5.82 Å². The number of amides is 1. The number of hydrogen-bond acceptors (Lipinski definition) is 7. The first-order chi connectivity index (χ1) is 15.9. The molecular formula is C23H25FN6O3. The van der Waals surface area contributed by atoms with E-state index in [1.165, 1.54) is 31.8 Å². The van der Waals surface area contributed by atoms with Gasteiger partial charge in [-0.05, 0) is 61.4 Å². The van der Waals surface area contributed by atoms with E-state index in [0.717, 1.165) is 23.1 Å². The molecule has 1 aromatic carbocycles. The van der Waals surface area contributed by atoms with Gasteiger partial charge in [-0.15, -0.1) is 0 Å². The van der Waals surface area contributed by atoms with Gasteiger partial charge in [0.1, 0.15) is 18.1 Å². The van der Waals surface area contributed by atoms with Crippen LogP contribution in [0.1, 0.15) is 12.0 Å². The van der Waals surface area contributed by atoms with Crippen molar-refractivity contribution in [2.45, 2.75) is 13.3 Å². The minimum Gasteiger partial charge on any atom is -0.474 e. The molecule has 2 atom stereocenters. The highest BCUT2D eigenvalue weighted by molar-refractivity contribution is 5.99. The summed E-state index contributed by atoms with van der Waals surface area (Å²) in [5.41, 5.74) is 8.28. The van der Waals surface area contributed by atoms with Gasteiger partial charge in [0.25, 0.3) is 0 Å². The number of nitrogens with zero attached hydrogens (tertiary/aromatic N) is 2. The molecule has 6 N–H and O–H groups in total. The fraction of sp³-hybridized carbons (Fsp3) is 0.348. The van der Waals surface area contributed by atoms with Crippen LogP contribution in [0.15, 0.2) is 24.5 Å². The van der Waals surface area contributed by atoms with Gasteiger partial charge in [-0.3, -0.25) is 5.32 Å². The quantitative estimate of drug-likeness (QED) is 0.373. The predicted octanol–water partition coefficient (Wildman–Crippen LogP) is 3.45. The molecule has 33 heavy (non-hydrogen) atoms. The van der Waals surface area contributed by atoms with Gasteiger partial charge in [-0.1, -0.05) is 0 Å². The molecule has 6 rings (SSSR count). The zero-order chi connectivity index (χ0) is 23.1. The van der Waals surface area contributed by atoms with Crippen molar-refractivity contribution >= 4 is 34.1 Å². The van der Waals surface area contributed by atoms with Crippen molar-refractivity contribution in [3.05, 3.63) is 35.9 Å². The number of halogens is 1. The molecule has 10 heteroatoms. The third-order valence-corrected chi connectivity index (χ3v) is 6.35. The van der Waals surface area contributed by atoms with Crippen LogP contribution < -0.4 is 26.4 Å². The zero-order valence-corrected chi connectivity index (χ0v) is 18.1. The standard InChI is InChI=1S/C18H16FN5O3.C5H9N/c1-8-11(6-23-17-16(8)21-2-3-27-17)10-4-9-5-13(24-18(25)26)22-7-12(9)15(20)14(10)19;1-4-2-6-3-5(1)4/h4-7,21H,2-3,20H2,1H3,(H,22,24)(H,25,26);4-6H,1-3H2. The van der Waals surface area contributed by atoms with Crippen LogP contribution in [0, 0.1) is 24.6 Å². The summed E-state index contributed by atoms with van der Waals surface area (Å²) in [7, 11) is 0. The molecule has 0 bridgehead atoms. The maximum absolute atomic E-state index is 15.0. The first kappa shape index (κ1) is 21.2. The first-order valence-corrected chi connectivity index (χ1v) is 10.9. The molecule has 2 unspecified atom stereocenters. The SMILES string of the molecule is C1NCC2CC12.Cc1c(-c2cc3cc(NC(=O)O)ncc3c(N)c2F)cnc2c1NCCO2. The number of fused-ring (bicyclic) bond motifs is 3. The van der Waals surface area contributed by atoms with E-state index < -0.39 is 11.9 Å². The van der Waals surface area contributed by atoms with Crippen molar-refractivity contribution in [3.63, 3.8) is 0 Å². The molecule has 2 fully saturated rings. The molecule has 1 saturated carbocycles. The third-order valence-electron chi connectivity index (χ3n) is 6.35. The lowest BCUT2D eigenvalue weighted by atomic mass is 9.97. The van der Waals surface area contributed by atoms with Crippen LogP contribution >= 0.6 is 0 Å². The number of nitrogen functional groups attached to an aromatic ring is 1. The van der Waals surface area contributed by atoms with Crippen LogP contribution in [0.25, 0.3) is 21.9 Å². The number of nitrogens with two attached hydrogens (primary N) is 1. The molecule has 3 aromatic rings. The van der Waals surface area contributed by atoms with Crippen LogP contribution in [0.5, 0.6) is 5.88 Å². The topological polar surface area (TPSA) is 134 Å². The molecule has 2 aliphatic heterocycles. The number of carbonyl (C=O) groups is 1. The number of carboxylic acid groups (broad SMARTS) is 1. The van der Waals surface area contributed by atoms with Gasteiger partial charge in [-0.25, -0.2) is 19.2 Å². The summed E-state index contributed by atoms with van der Waals surface area (Å²) in [6.07, 6.45) is 3.17. The summed E-state index contributed by atoms with van der Waals surface area (Å²) in [4.78, 5) is 19.1. The molecule has 2 aromatic heterocycles. The fourth-order valence-electron chi connectivity index (χ4n) is 4.43. The lowest BCUT2D eigenvalue weighted by molar-refractivity contribution is 0.209. The summed E-state index contributed by atoms with van der Waals surface area (Å²) in [5, 5.41) is 18.5. The lowest BCUT2D eigenvalue weighted by Crippen LogP contribution is -2.20. The Bertz CT molecular complexity index is 1240. The zero-order valence-electron chi connectivity index (χ0n) is 18.1. The second-order valence-corrected chi connectivity index (χ2v) is 8.54. The highest BCUT2D eigenvalue weighted by atomic mass is 19.1. The average Bonchev–Trinajstić information content (AvgIpc) is 3.41. The molecule has 1 aliphatic carbocycles. The molecule has 0 spiro atoms. The lowest BCUT2D eigenvalue weighted by Gasteiger charge is -2.22. The molecule has 3 aliphatic rings. The van der Waals surface area contributed by atoms with Crippen molar-refractivity contribution in [3.8, 4) is 17.0 Å². The maximum atomic E-state index is 15.0. The van der Waals surface area contributed by atoms with Gasteiger partial charge >= 0.3 is 6.09 Å². The first-order valence-electron chi connectivity index (χ1n) is 10.9. The van der Waals surface area contributed by atoms with E-state index in [0.29, 0.717) is 35.4 Å². The number of anilines is 3. The Labute approximate surface area is 189 Å². The minimum atomic E-state index is -1.24. The Morgan fingerprint density at radius 2 is 2.03 bits per heavy atom. The minimum absolute atomic E-state index is 0.0572. The molecule has 0 radical (unpaired) electrons. The van der Waals surface area contributed by atoms with E-state index >= 15 is 0 Å². The Morgan fingerprint density at radius 3 is 2.70 bits per heavy atom. The smallest absolute Gasteiger partial charge is 0.410 e. The van der Waals surface area contributed by atoms with Crippen molar-refractivity contribution in [1.82, 2.24) is 15.3 Å². The molecule has 4 heterocycles. The second-order valence-electron chi connectivity index (χ2n) is 8.54. The number of rotatable bonds is 2. The third kappa shape index (κ3) is 4.09. The Kier molecular flexibility index (Phi) is 5.37. The van der Waals surface area contributed by atoms with Crippen LogP contribution in [-0.2, 0) is 0 Å². The largest absolute Gasteiger partial charge is 0.474 e. The van der Waals surface area contributed by atoms with Gasteiger partial charge < -0.3 is 26.2 Å². The molecule has 1 amide bonds. The number of aromatic nitrogens is 2. The summed E-state index contributed by atoms with van der Waals surface area (Å²) < 4.78 is 20.5. The van der Waals surface area contributed by atoms with Crippen molar-refractivity contribution in [1.29, 1.82) is 0 Å². The summed E-state index contributed by atoms with van der Waals surface area (Å²) >= 11 is 0. The van der Waals surface area contributed by atoms with Crippen LogP contribution in [0.3, 0.4) is 0 Å².